The van der Waals surface area contributed by atoms with E-state index >= 15 is 0 Å². The van der Waals surface area contributed by atoms with E-state index in [0.717, 1.165) is 22.8 Å². The summed E-state index contributed by atoms with van der Waals surface area (Å²) in [5.74, 6) is 0.303. The summed E-state index contributed by atoms with van der Waals surface area (Å²) in [5.41, 5.74) is 5.50. The van der Waals surface area contributed by atoms with Crippen molar-refractivity contribution in [1.29, 1.82) is 0 Å². The molecule has 2 heterocycles. The summed E-state index contributed by atoms with van der Waals surface area (Å²) in [6.45, 7) is 1.60. The molecule has 13 heavy (non-hydrogen) atoms. The van der Waals surface area contributed by atoms with Gasteiger partial charge in [-0.3, -0.25) is 0 Å². The molecular weight excluding hydrogens is 254 g/mol. The van der Waals surface area contributed by atoms with Gasteiger partial charge in [-0.1, -0.05) is 11.8 Å². The number of hydrogen-bond donors (Lipinski definition) is 1. The predicted molar refractivity (Wildman–Crippen MR) is 54.6 cm³/mol. The monoisotopic (exact) mass is 261 g/mol. The van der Waals surface area contributed by atoms with Gasteiger partial charge < -0.3 is 10.5 Å². The molecule has 2 rings (SSSR count). The van der Waals surface area contributed by atoms with Gasteiger partial charge in [-0.15, -0.1) is 0 Å². The Hall–Kier alpha value is -0.330. The molecule has 0 aromatic carbocycles. The molecule has 4 nitrogen and oxygen atoms in total. The molecule has 0 spiro atoms. The van der Waals surface area contributed by atoms with Crippen molar-refractivity contribution in [2.75, 3.05) is 18.9 Å². The molecule has 1 saturated heterocycles. The van der Waals surface area contributed by atoms with Crippen molar-refractivity contribution >= 4 is 33.6 Å². The minimum Gasteiger partial charge on any atom is -0.379 e. The molecule has 0 atom stereocenters. The van der Waals surface area contributed by atoms with Crippen molar-refractivity contribution in [1.82, 2.24) is 9.97 Å². The summed E-state index contributed by atoms with van der Waals surface area (Å²) in [6.07, 6.45) is 0. The van der Waals surface area contributed by atoms with Crippen LogP contribution in [0.2, 0.25) is 0 Å². The van der Waals surface area contributed by atoms with Gasteiger partial charge in [0.25, 0.3) is 0 Å². The first-order chi connectivity index (χ1) is 6.24. The Kier molecular flexibility index (Phi) is 2.71. The Morgan fingerprint density at radius 2 is 2.31 bits per heavy atom. The van der Waals surface area contributed by atoms with Crippen LogP contribution in [0.5, 0.6) is 0 Å². The van der Waals surface area contributed by atoms with Crippen molar-refractivity contribution in [3.05, 3.63) is 10.7 Å². The van der Waals surface area contributed by atoms with Gasteiger partial charge in [-0.25, -0.2) is 9.97 Å². The van der Waals surface area contributed by atoms with Crippen LogP contribution in [-0.2, 0) is 4.74 Å². The first kappa shape index (κ1) is 9.23. The Bertz CT molecular complexity index is 298. The van der Waals surface area contributed by atoms with E-state index in [1.54, 1.807) is 11.8 Å². The van der Waals surface area contributed by atoms with E-state index in [1.165, 1.54) is 0 Å². The van der Waals surface area contributed by atoms with E-state index in [1.807, 2.05) is 6.07 Å². The number of rotatable bonds is 2. The third-order valence-corrected chi connectivity index (χ3v) is 3.05. The van der Waals surface area contributed by atoms with E-state index < -0.39 is 0 Å². The largest absolute Gasteiger partial charge is 0.379 e. The maximum atomic E-state index is 5.50. The van der Waals surface area contributed by atoms with Crippen LogP contribution < -0.4 is 5.73 Å². The van der Waals surface area contributed by atoms with Crippen molar-refractivity contribution in [3.8, 4) is 0 Å². The molecular formula is C7H8BrN3OS. The van der Waals surface area contributed by atoms with Crippen molar-refractivity contribution in [2.24, 2.45) is 0 Å². The SMILES string of the molecule is Nc1nc(Br)cc(SC2COC2)n1. The fourth-order valence-electron chi connectivity index (χ4n) is 0.927. The average molecular weight is 262 g/mol. The van der Waals surface area contributed by atoms with Crippen molar-refractivity contribution in [2.45, 2.75) is 10.3 Å². The second kappa shape index (κ2) is 3.81. The van der Waals surface area contributed by atoms with Crippen molar-refractivity contribution < 1.29 is 4.74 Å². The lowest BCUT2D eigenvalue weighted by molar-refractivity contribution is 0.0454. The number of hydrogen-bond acceptors (Lipinski definition) is 5. The topological polar surface area (TPSA) is 61.0 Å². The van der Waals surface area contributed by atoms with Gasteiger partial charge in [-0.05, 0) is 15.9 Å². The Balaban J connectivity index is 2.10. The van der Waals surface area contributed by atoms with Crippen LogP contribution in [0.4, 0.5) is 5.95 Å². The van der Waals surface area contributed by atoms with Crippen LogP contribution in [-0.4, -0.2) is 28.4 Å². The average Bonchev–Trinajstić information content (AvgIpc) is 1.95. The summed E-state index contributed by atoms with van der Waals surface area (Å²) in [6, 6.07) is 1.86. The third kappa shape index (κ3) is 2.32. The van der Waals surface area contributed by atoms with Crippen LogP contribution in [0.25, 0.3) is 0 Å². The minimum absolute atomic E-state index is 0.303. The highest BCUT2D eigenvalue weighted by Crippen LogP contribution is 2.27. The Morgan fingerprint density at radius 3 is 2.85 bits per heavy atom. The van der Waals surface area contributed by atoms with E-state index in [4.69, 9.17) is 10.5 Å². The van der Waals surface area contributed by atoms with Gasteiger partial charge in [0.1, 0.15) is 9.63 Å². The zero-order chi connectivity index (χ0) is 9.26. The summed E-state index contributed by atoms with van der Waals surface area (Å²) >= 11 is 4.94. The molecule has 1 aliphatic heterocycles. The molecule has 70 valence electrons. The molecule has 1 fully saturated rings. The van der Waals surface area contributed by atoms with E-state index in [-0.39, 0.29) is 0 Å². The zero-order valence-corrected chi connectivity index (χ0v) is 9.14. The maximum Gasteiger partial charge on any atom is 0.222 e. The molecule has 6 heteroatoms. The number of nitrogens with zero attached hydrogens (tertiary/aromatic N) is 2. The van der Waals surface area contributed by atoms with Crippen LogP contribution in [0.15, 0.2) is 15.7 Å². The normalized spacial score (nSPS) is 17.0. The fourth-order valence-corrected chi connectivity index (χ4v) is 2.47. The number of thioether (sulfide) groups is 1. The summed E-state index contributed by atoms with van der Waals surface area (Å²) in [7, 11) is 0. The molecule has 0 radical (unpaired) electrons. The third-order valence-electron chi connectivity index (χ3n) is 1.58. The molecule has 0 aliphatic carbocycles. The van der Waals surface area contributed by atoms with Gasteiger partial charge in [0.05, 0.1) is 18.5 Å². The molecule has 2 N–H and O–H groups in total. The zero-order valence-electron chi connectivity index (χ0n) is 6.74. The summed E-state index contributed by atoms with van der Waals surface area (Å²) in [5, 5.41) is 1.41. The predicted octanol–water partition coefficient (Wildman–Crippen LogP) is 1.31. The minimum atomic E-state index is 0.303. The summed E-state index contributed by atoms with van der Waals surface area (Å²) < 4.78 is 5.79. The van der Waals surface area contributed by atoms with Gasteiger partial charge in [0.15, 0.2) is 0 Å². The first-order valence-corrected chi connectivity index (χ1v) is 5.46. The van der Waals surface area contributed by atoms with Gasteiger partial charge in [0, 0.05) is 6.07 Å². The summed E-state index contributed by atoms with van der Waals surface area (Å²) in [4.78, 5) is 8.02. The molecule has 0 amide bonds. The standard InChI is InChI=1S/C7H8BrN3OS/c8-5-1-6(11-7(9)10-5)13-4-2-12-3-4/h1,4H,2-3H2,(H2,9,10,11). The lowest BCUT2D eigenvalue weighted by Crippen LogP contribution is -2.30. The highest BCUT2D eigenvalue weighted by Gasteiger charge is 2.20. The van der Waals surface area contributed by atoms with Crippen LogP contribution in [0, 0.1) is 0 Å². The molecule has 0 unspecified atom stereocenters. The van der Waals surface area contributed by atoms with Crippen LogP contribution >= 0.6 is 27.7 Å². The molecule has 1 aliphatic rings. The number of nitrogen functional groups attached to an aromatic ring is 1. The highest BCUT2D eigenvalue weighted by atomic mass is 79.9. The second-order valence-electron chi connectivity index (χ2n) is 2.66. The van der Waals surface area contributed by atoms with Gasteiger partial charge in [0.2, 0.25) is 5.95 Å². The van der Waals surface area contributed by atoms with Gasteiger partial charge >= 0.3 is 0 Å². The second-order valence-corrected chi connectivity index (χ2v) is 4.80. The van der Waals surface area contributed by atoms with Crippen molar-refractivity contribution in [3.63, 3.8) is 0 Å². The number of aromatic nitrogens is 2. The lowest BCUT2D eigenvalue weighted by Gasteiger charge is -2.24. The molecule has 0 saturated carbocycles. The fraction of sp³-hybridized carbons (Fsp3) is 0.429. The Labute approximate surface area is 88.4 Å². The maximum absolute atomic E-state index is 5.50. The molecule has 1 aromatic heterocycles. The first-order valence-electron chi connectivity index (χ1n) is 3.78. The smallest absolute Gasteiger partial charge is 0.222 e. The quantitative estimate of drug-likeness (QED) is 0.814. The number of ether oxygens (including phenoxy) is 1. The van der Waals surface area contributed by atoms with E-state index in [2.05, 4.69) is 25.9 Å². The Morgan fingerprint density at radius 1 is 1.54 bits per heavy atom. The lowest BCUT2D eigenvalue weighted by atomic mass is 10.4. The number of anilines is 1. The molecule has 1 aromatic rings. The van der Waals surface area contributed by atoms with E-state index in [9.17, 15) is 0 Å². The van der Waals surface area contributed by atoms with Crippen LogP contribution in [0.3, 0.4) is 0 Å². The van der Waals surface area contributed by atoms with Crippen LogP contribution in [0.1, 0.15) is 0 Å². The van der Waals surface area contributed by atoms with Gasteiger partial charge in [-0.2, -0.15) is 0 Å². The highest BCUT2D eigenvalue weighted by molar-refractivity contribution is 9.10. The molecule has 0 bridgehead atoms. The number of nitrogens with two attached hydrogens (primary N) is 1. The van der Waals surface area contributed by atoms with E-state index in [0.29, 0.717) is 11.2 Å². The number of halogens is 1.